The summed E-state index contributed by atoms with van der Waals surface area (Å²) in [6.07, 6.45) is 0. The molecule has 1 amide bonds. The summed E-state index contributed by atoms with van der Waals surface area (Å²) in [5.41, 5.74) is 0.577. The van der Waals surface area contributed by atoms with E-state index in [1.165, 1.54) is 18.2 Å². The number of rotatable bonds is 2. The molecule has 21 heavy (non-hydrogen) atoms. The number of benzene rings is 1. The van der Waals surface area contributed by atoms with Crippen LogP contribution in [0.5, 0.6) is 5.75 Å². The summed E-state index contributed by atoms with van der Waals surface area (Å²) in [5.74, 6) is -0.0247. The molecule has 0 spiro atoms. The Morgan fingerprint density at radius 2 is 2.00 bits per heavy atom. The van der Waals surface area contributed by atoms with Gasteiger partial charge in [0.05, 0.1) is 18.1 Å². The molecule has 1 unspecified atom stereocenters. The van der Waals surface area contributed by atoms with E-state index in [-0.39, 0.29) is 17.4 Å². The first kappa shape index (κ1) is 14.6. The van der Waals surface area contributed by atoms with Crippen LogP contribution in [0.25, 0.3) is 0 Å². The lowest BCUT2D eigenvalue weighted by Gasteiger charge is -2.28. The van der Waals surface area contributed by atoms with E-state index in [1.807, 2.05) is 0 Å². The molecule has 1 atom stereocenters. The molecule has 1 aromatic rings. The molecule has 2 aliphatic heterocycles. The molecule has 0 aliphatic carbocycles. The fourth-order valence-corrected chi connectivity index (χ4v) is 3.34. The van der Waals surface area contributed by atoms with Crippen LogP contribution < -0.4 is 4.74 Å². The fourth-order valence-electron chi connectivity index (χ4n) is 2.55. The van der Waals surface area contributed by atoms with Crippen molar-refractivity contribution in [1.82, 2.24) is 4.90 Å². The van der Waals surface area contributed by atoms with Gasteiger partial charge in [-0.2, -0.15) is 0 Å². The Hall–Kier alpha value is -1.31. The fraction of sp³-hybridized carbons (Fsp3) is 0.462. The number of halogens is 1. The summed E-state index contributed by atoms with van der Waals surface area (Å²) >= 11 is 0. The molecule has 114 valence electrons. The second kappa shape index (κ2) is 5.47. The van der Waals surface area contributed by atoms with Crippen molar-refractivity contribution in [2.75, 3.05) is 32.9 Å². The summed E-state index contributed by atoms with van der Waals surface area (Å²) in [5, 5.41) is 0. The molecule has 0 N–H and O–H groups in total. The van der Waals surface area contributed by atoms with Gasteiger partial charge in [0.2, 0.25) is 5.91 Å². The highest BCUT2D eigenvalue weighted by Gasteiger charge is 2.34. The van der Waals surface area contributed by atoms with Crippen LogP contribution in [0.2, 0.25) is 0 Å². The molecular formula is C13H14ClNO5S. The summed E-state index contributed by atoms with van der Waals surface area (Å²) in [7, 11) is 1.53. The van der Waals surface area contributed by atoms with Gasteiger partial charge in [-0.1, -0.05) is 0 Å². The highest BCUT2D eigenvalue weighted by Crippen LogP contribution is 2.37. The Balaban J connectivity index is 1.90. The van der Waals surface area contributed by atoms with Crippen molar-refractivity contribution in [2.45, 2.75) is 10.8 Å². The number of carbonyl (C=O) groups is 1. The first-order valence-corrected chi connectivity index (χ1v) is 8.86. The quantitative estimate of drug-likeness (QED) is 0.754. The molecule has 6 nitrogen and oxygen atoms in total. The van der Waals surface area contributed by atoms with Crippen molar-refractivity contribution in [3.8, 4) is 5.75 Å². The maximum atomic E-state index is 12.5. The van der Waals surface area contributed by atoms with Gasteiger partial charge in [0.25, 0.3) is 9.05 Å². The lowest BCUT2D eigenvalue weighted by Crippen LogP contribution is -2.43. The van der Waals surface area contributed by atoms with Gasteiger partial charge in [-0.05, 0) is 18.2 Å². The number of hydrogen-bond donors (Lipinski definition) is 0. The number of amides is 1. The van der Waals surface area contributed by atoms with Gasteiger partial charge >= 0.3 is 0 Å². The second-order valence-electron chi connectivity index (χ2n) is 4.94. The predicted molar refractivity (Wildman–Crippen MR) is 75.1 cm³/mol. The van der Waals surface area contributed by atoms with Crippen LogP contribution in [-0.4, -0.2) is 52.1 Å². The third-order valence-electron chi connectivity index (χ3n) is 3.66. The lowest BCUT2D eigenvalue weighted by atomic mass is 9.99. The van der Waals surface area contributed by atoms with Crippen molar-refractivity contribution in [1.29, 1.82) is 0 Å². The maximum Gasteiger partial charge on any atom is 0.261 e. The summed E-state index contributed by atoms with van der Waals surface area (Å²) in [6.45, 7) is 2.33. The minimum absolute atomic E-state index is 0.0202. The molecule has 1 saturated heterocycles. The van der Waals surface area contributed by atoms with E-state index < -0.39 is 15.0 Å². The van der Waals surface area contributed by atoms with Gasteiger partial charge in [0.1, 0.15) is 18.3 Å². The molecular weight excluding hydrogens is 318 g/mol. The SMILES string of the molecule is O=C(C1COc2ccc(S(=O)(=O)Cl)cc21)N1CCOCC1. The molecule has 0 bridgehead atoms. The van der Waals surface area contributed by atoms with Crippen LogP contribution in [-0.2, 0) is 18.6 Å². The van der Waals surface area contributed by atoms with Crippen LogP contribution in [0.3, 0.4) is 0 Å². The number of fused-ring (bicyclic) bond motifs is 1. The summed E-state index contributed by atoms with van der Waals surface area (Å²) in [4.78, 5) is 14.2. The molecule has 2 aliphatic rings. The third kappa shape index (κ3) is 2.86. The Bertz CT molecular complexity index is 669. The van der Waals surface area contributed by atoms with E-state index >= 15 is 0 Å². The van der Waals surface area contributed by atoms with Gasteiger partial charge in [-0.15, -0.1) is 0 Å². The third-order valence-corrected chi connectivity index (χ3v) is 5.02. The molecule has 0 saturated carbocycles. The van der Waals surface area contributed by atoms with E-state index in [4.69, 9.17) is 20.2 Å². The zero-order valence-electron chi connectivity index (χ0n) is 11.1. The van der Waals surface area contributed by atoms with Crippen LogP contribution in [0, 0.1) is 0 Å². The van der Waals surface area contributed by atoms with Crippen LogP contribution in [0.1, 0.15) is 11.5 Å². The molecule has 1 fully saturated rings. The minimum Gasteiger partial charge on any atom is -0.492 e. The van der Waals surface area contributed by atoms with E-state index in [0.717, 1.165) is 0 Å². The van der Waals surface area contributed by atoms with Crippen molar-refractivity contribution in [3.63, 3.8) is 0 Å². The number of ether oxygens (including phenoxy) is 2. The van der Waals surface area contributed by atoms with E-state index in [0.29, 0.717) is 37.6 Å². The molecule has 2 heterocycles. The van der Waals surface area contributed by atoms with Gasteiger partial charge in [0.15, 0.2) is 0 Å². The normalized spacial score (nSPS) is 21.8. The van der Waals surface area contributed by atoms with Crippen molar-refractivity contribution in [2.24, 2.45) is 0 Å². The zero-order chi connectivity index (χ0) is 15.0. The Morgan fingerprint density at radius 3 is 2.67 bits per heavy atom. The average molecular weight is 332 g/mol. The molecule has 0 radical (unpaired) electrons. The van der Waals surface area contributed by atoms with Crippen LogP contribution in [0.4, 0.5) is 0 Å². The first-order chi connectivity index (χ1) is 9.97. The van der Waals surface area contributed by atoms with E-state index in [2.05, 4.69) is 0 Å². The first-order valence-electron chi connectivity index (χ1n) is 6.55. The summed E-state index contributed by atoms with van der Waals surface area (Å²) in [6, 6.07) is 4.34. The highest BCUT2D eigenvalue weighted by atomic mass is 35.7. The second-order valence-corrected chi connectivity index (χ2v) is 7.50. The van der Waals surface area contributed by atoms with Gasteiger partial charge in [0, 0.05) is 29.3 Å². The zero-order valence-corrected chi connectivity index (χ0v) is 12.7. The topological polar surface area (TPSA) is 72.9 Å². The maximum absolute atomic E-state index is 12.5. The lowest BCUT2D eigenvalue weighted by molar-refractivity contribution is -0.137. The minimum atomic E-state index is -3.83. The molecule has 0 aromatic heterocycles. The number of carbonyl (C=O) groups excluding carboxylic acids is 1. The molecule has 1 aromatic carbocycles. The van der Waals surface area contributed by atoms with Crippen LogP contribution >= 0.6 is 10.7 Å². The van der Waals surface area contributed by atoms with Gasteiger partial charge < -0.3 is 14.4 Å². The van der Waals surface area contributed by atoms with Gasteiger partial charge in [-0.3, -0.25) is 4.79 Å². The van der Waals surface area contributed by atoms with Crippen LogP contribution in [0.15, 0.2) is 23.1 Å². The molecule has 3 rings (SSSR count). The number of nitrogens with zero attached hydrogens (tertiary/aromatic N) is 1. The van der Waals surface area contributed by atoms with Crippen molar-refractivity contribution >= 4 is 25.6 Å². The van der Waals surface area contributed by atoms with Crippen molar-refractivity contribution < 1.29 is 22.7 Å². The predicted octanol–water partition coefficient (Wildman–Crippen LogP) is 0.949. The van der Waals surface area contributed by atoms with Gasteiger partial charge in [-0.25, -0.2) is 8.42 Å². The Morgan fingerprint density at radius 1 is 1.29 bits per heavy atom. The standard InChI is InChI=1S/C13H14ClNO5S/c14-21(17,18)9-1-2-12-10(7-9)11(8-20-12)13(16)15-3-5-19-6-4-15/h1-2,7,11H,3-6,8H2. The Labute approximate surface area is 127 Å². The number of morpholine rings is 1. The van der Waals surface area contributed by atoms with E-state index in [1.54, 1.807) is 4.90 Å². The average Bonchev–Trinajstić information content (AvgIpc) is 2.89. The smallest absolute Gasteiger partial charge is 0.261 e. The van der Waals surface area contributed by atoms with Crippen molar-refractivity contribution in [3.05, 3.63) is 23.8 Å². The Kier molecular flexibility index (Phi) is 3.81. The highest BCUT2D eigenvalue weighted by molar-refractivity contribution is 8.13. The monoisotopic (exact) mass is 331 g/mol. The summed E-state index contributed by atoms with van der Waals surface area (Å²) < 4.78 is 33.5. The largest absolute Gasteiger partial charge is 0.492 e. The molecule has 8 heteroatoms. The number of hydrogen-bond acceptors (Lipinski definition) is 5. The van der Waals surface area contributed by atoms with E-state index in [9.17, 15) is 13.2 Å².